The van der Waals surface area contributed by atoms with Gasteiger partial charge in [-0.3, -0.25) is 9.59 Å². The Bertz CT molecular complexity index is 1170. The zero-order valence-corrected chi connectivity index (χ0v) is 23.9. The van der Waals surface area contributed by atoms with Gasteiger partial charge in [-0.2, -0.15) is 0 Å². The molecule has 1 aromatic carbocycles. The number of carboxylic acids is 2. The molecule has 0 bridgehead atoms. The van der Waals surface area contributed by atoms with Gasteiger partial charge in [0, 0.05) is 36.7 Å². The summed E-state index contributed by atoms with van der Waals surface area (Å²) in [5.74, 6) is -2.73. The molecule has 0 radical (unpaired) electrons. The summed E-state index contributed by atoms with van der Waals surface area (Å²) >= 11 is 0. The smallest absolute Gasteiger partial charge is 0.305 e. The van der Waals surface area contributed by atoms with Crippen LogP contribution in [0.3, 0.4) is 0 Å². The predicted molar refractivity (Wildman–Crippen MR) is 153 cm³/mol. The summed E-state index contributed by atoms with van der Waals surface area (Å²) in [5.41, 5.74) is 3.88. The summed E-state index contributed by atoms with van der Waals surface area (Å²) in [6.45, 7) is 8.56. The van der Waals surface area contributed by atoms with Crippen LogP contribution in [0.5, 0.6) is 0 Å². The molecule has 2 rings (SSSR count). The van der Waals surface area contributed by atoms with E-state index in [1.807, 2.05) is 27.7 Å². The number of hydrogen-bond donors (Lipinski definition) is 6. The van der Waals surface area contributed by atoms with Crippen LogP contribution in [0, 0.1) is 11.7 Å². The first kappa shape index (κ1) is 33.9. The van der Waals surface area contributed by atoms with Crippen molar-refractivity contribution in [2.45, 2.75) is 83.8 Å². The fraction of sp³-hybridized carbons (Fsp3) is 0.484. The zero-order chi connectivity index (χ0) is 30.9. The molecule has 226 valence electrons. The quantitative estimate of drug-likeness (QED) is 0.184. The van der Waals surface area contributed by atoms with Crippen molar-refractivity contribution in [3.63, 3.8) is 0 Å². The fourth-order valence-corrected chi connectivity index (χ4v) is 4.89. The number of aliphatic hydroxyl groups is 4. The van der Waals surface area contributed by atoms with E-state index in [0.29, 0.717) is 12.1 Å². The molecule has 0 fully saturated rings. The lowest BCUT2D eigenvalue weighted by Gasteiger charge is -2.40. The van der Waals surface area contributed by atoms with E-state index in [-0.39, 0.29) is 24.8 Å². The van der Waals surface area contributed by atoms with Crippen molar-refractivity contribution < 1.29 is 44.6 Å². The van der Waals surface area contributed by atoms with Crippen LogP contribution in [0.25, 0.3) is 5.57 Å². The minimum atomic E-state index is -1.23. The number of halogens is 1. The van der Waals surface area contributed by atoms with Gasteiger partial charge in [0.1, 0.15) is 5.82 Å². The summed E-state index contributed by atoms with van der Waals surface area (Å²) in [5, 5.41) is 58.9. The van der Waals surface area contributed by atoms with Crippen LogP contribution in [0.1, 0.15) is 58.9 Å². The molecule has 0 spiro atoms. The summed E-state index contributed by atoms with van der Waals surface area (Å²) in [4.78, 5) is 24.0. The third-order valence-electron chi connectivity index (χ3n) is 6.67. The highest BCUT2D eigenvalue weighted by molar-refractivity contribution is 5.87. The highest BCUT2D eigenvalue weighted by atomic mass is 19.1. The van der Waals surface area contributed by atoms with Crippen molar-refractivity contribution in [3.8, 4) is 0 Å². The van der Waals surface area contributed by atoms with Crippen molar-refractivity contribution in [2.24, 2.45) is 5.92 Å². The summed E-state index contributed by atoms with van der Waals surface area (Å²) in [6.07, 6.45) is 0.389. The summed E-state index contributed by atoms with van der Waals surface area (Å²) in [7, 11) is 0. The van der Waals surface area contributed by atoms with Gasteiger partial charge in [0.15, 0.2) is 0 Å². The Kier molecular flexibility index (Phi) is 12.9. The van der Waals surface area contributed by atoms with Crippen LogP contribution >= 0.6 is 0 Å². The van der Waals surface area contributed by atoms with Gasteiger partial charge in [-0.05, 0) is 48.6 Å². The average molecular weight is 576 g/mol. The first-order valence-electron chi connectivity index (χ1n) is 13.7. The summed E-state index contributed by atoms with van der Waals surface area (Å²) < 4.78 is 13.9. The standard InChI is InChI=1S/C31H42FNO8/c1-18(2)31-27(12-11-24(35)14-26(37)16-29(40)41)30(20-5-8-22(32)9-6-20)21(17-33(31)19(3)4)7-10-23(34)13-25(36)15-28(38)39/h5-12,18-19,23-26,34-37H,13-17H2,1-4H3,(H,38,39)(H,40,41)/b10-7+,12-11+. The van der Waals surface area contributed by atoms with Crippen LogP contribution in [-0.4, -0.2) is 84.5 Å². The normalized spacial score (nSPS) is 17.7. The lowest BCUT2D eigenvalue weighted by Crippen LogP contribution is -2.37. The van der Waals surface area contributed by atoms with E-state index >= 15 is 0 Å². The van der Waals surface area contributed by atoms with Crippen LogP contribution in [0.4, 0.5) is 4.39 Å². The predicted octanol–water partition coefficient (Wildman–Crippen LogP) is 3.50. The number of nitrogens with zero attached hydrogens (tertiary/aromatic N) is 1. The monoisotopic (exact) mass is 575 g/mol. The maximum atomic E-state index is 13.9. The van der Waals surface area contributed by atoms with Crippen molar-refractivity contribution >= 4 is 17.5 Å². The number of carbonyl (C=O) groups is 2. The molecule has 0 aliphatic carbocycles. The Balaban J connectivity index is 2.65. The number of benzene rings is 1. The molecule has 9 nitrogen and oxygen atoms in total. The molecule has 0 saturated carbocycles. The minimum Gasteiger partial charge on any atom is -0.481 e. The Labute approximate surface area is 240 Å². The van der Waals surface area contributed by atoms with E-state index in [4.69, 9.17) is 10.2 Å². The molecule has 6 N–H and O–H groups in total. The molecule has 4 atom stereocenters. The van der Waals surface area contributed by atoms with Gasteiger partial charge >= 0.3 is 11.9 Å². The Morgan fingerprint density at radius 2 is 1.34 bits per heavy atom. The highest BCUT2D eigenvalue weighted by Gasteiger charge is 2.29. The first-order chi connectivity index (χ1) is 19.2. The molecular formula is C31H42FNO8. The van der Waals surface area contributed by atoms with Gasteiger partial charge in [0.05, 0.1) is 37.3 Å². The molecule has 1 aliphatic heterocycles. The van der Waals surface area contributed by atoms with Gasteiger partial charge in [-0.15, -0.1) is 0 Å². The molecule has 0 amide bonds. The van der Waals surface area contributed by atoms with Crippen LogP contribution in [0.2, 0.25) is 0 Å². The number of carboxylic acid groups (broad SMARTS) is 2. The Morgan fingerprint density at radius 1 is 0.854 bits per heavy atom. The van der Waals surface area contributed by atoms with E-state index in [9.17, 15) is 34.4 Å². The van der Waals surface area contributed by atoms with Gasteiger partial charge in [0.2, 0.25) is 0 Å². The molecule has 10 heteroatoms. The Hall–Kier alpha value is -3.31. The second-order valence-electron chi connectivity index (χ2n) is 10.9. The molecule has 1 aromatic rings. The van der Waals surface area contributed by atoms with Gasteiger partial charge in [-0.25, -0.2) is 4.39 Å². The summed E-state index contributed by atoms with van der Waals surface area (Å²) in [6, 6.07) is 6.00. The topological polar surface area (TPSA) is 159 Å². The third kappa shape index (κ3) is 10.6. The third-order valence-corrected chi connectivity index (χ3v) is 6.67. The van der Waals surface area contributed by atoms with Gasteiger partial charge in [-0.1, -0.05) is 50.3 Å². The van der Waals surface area contributed by atoms with Gasteiger partial charge in [0.25, 0.3) is 0 Å². The Morgan fingerprint density at radius 3 is 1.78 bits per heavy atom. The molecule has 0 saturated heterocycles. The second-order valence-corrected chi connectivity index (χ2v) is 10.9. The van der Waals surface area contributed by atoms with Crippen molar-refractivity contribution in [2.75, 3.05) is 6.54 Å². The number of hydrogen-bond acceptors (Lipinski definition) is 7. The van der Waals surface area contributed by atoms with E-state index in [0.717, 1.165) is 22.4 Å². The number of allylic oxidation sites excluding steroid dienone is 4. The molecule has 1 heterocycles. The van der Waals surface area contributed by atoms with Crippen molar-refractivity contribution in [3.05, 3.63) is 76.8 Å². The first-order valence-corrected chi connectivity index (χ1v) is 13.7. The molecule has 1 aliphatic rings. The minimum absolute atomic E-state index is 0.0320. The maximum absolute atomic E-state index is 13.9. The van der Waals surface area contributed by atoms with Gasteiger partial charge < -0.3 is 35.5 Å². The van der Waals surface area contributed by atoms with E-state index < -0.39 is 55.0 Å². The van der Waals surface area contributed by atoms with E-state index in [1.54, 1.807) is 24.3 Å². The molecular weight excluding hydrogens is 533 g/mol. The SMILES string of the molecule is CC(C)C1=C(/C=C/C(O)CC(O)CC(=O)O)C(c2ccc(F)cc2)=C(/C=C/C(O)CC(O)CC(=O)O)CN1C(C)C. The fourth-order valence-electron chi connectivity index (χ4n) is 4.89. The lowest BCUT2D eigenvalue weighted by atomic mass is 9.83. The largest absolute Gasteiger partial charge is 0.481 e. The zero-order valence-electron chi connectivity index (χ0n) is 23.9. The molecule has 0 aromatic heterocycles. The highest BCUT2D eigenvalue weighted by Crippen LogP contribution is 2.40. The number of rotatable bonds is 15. The van der Waals surface area contributed by atoms with Crippen LogP contribution in [-0.2, 0) is 9.59 Å². The second kappa shape index (κ2) is 15.6. The molecule has 4 unspecified atom stereocenters. The van der Waals surface area contributed by atoms with Crippen molar-refractivity contribution in [1.29, 1.82) is 0 Å². The lowest BCUT2D eigenvalue weighted by molar-refractivity contribution is -0.140. The van der Waals surface area contributed by atoms with Crippen LogP contribution < -0.4 is 0 Å². The average Bonchev–Trinajstić information content (AvgIpc) is 2.84. The van der Waals surface area contributed by atoms with Crippen LogP contribution in [0.15, 0.2) is 65.4 Å². The number of aliphatic hydroxyl groups excluding tert-OH is 4. The van der Waals surface area contributed by atoms with E-state index in [2.05, 4.69) is 4.90 Å². The molecule has 41 heavy (non-hydrogen) atoms. The maximum Gasteiger partial charge on any atom is 0.305 e. The van der Waals surface area contributed by atoms with E-state index in [1.165, 1.54) is 24.3 Å². The number of aliphatic carboxylic acids is 2. The van der Waals surface area contributed by atoms with Crippen molar-refractivity contribution in [1.82, 2.24) is 4.90 Å².